The number of nitrogens with two attached hydrogens (primary N) is 1. The van der Waals surface area contributed by atoms with Gasteiger partial charge < -0.3 is 15.9 Å². The van der Waals surface area contributed by atoms with Gasteiger partial charge in [0, 0.05) is 23.9 Å². The maximum Gasteiger partial charge on any atom is 0.251 e. The topological polar surface area (TPSA) is 104 Å². The maximum atomic E-state index is 11.2. The molecule has 0 unspecified atom stereocenters. The van der Waals surface area contributed by atoms with Crippen LogP contribution < -0.4 is 11.3 Å². The van der Waals surface area contributed by atoms with Crippen molar-refractivity contribution in [2.75, 3.05) is 5.75 Å². The Bertz CT molecular complexity index is 444. The molecule has 0 atom stereocenters. The number of aryl methyl sites for hydroxylation is 1. The van der Waals surface area contributed by atoms with Gasteiger partial charge in [0.1, 0.15) is 5.84 Å². The minimum absolute atomic E-state index is 0.128. The van der Waals surface area contributed by atoms with Gasteiger partial charge in [0.15, 0.2) is 5.16 Å². The summed E-state index contributed by atoms with van der Waals surface area (Å²) in [7, 11) is 0. The molecule has 0 saturated heterocycles. The Morgan fingerprint density at radius 2 is 2.41 bits per heavy atom. The van der Waals surface area contributed by atoms with Crippen molar-refractivity contribution in [1.29, 1.82) is 0 Å². The first kappa shape index (κ1) is 13.6. The Morgan fingerprint density at radius 3 is 3.06 bits per heavy atom. The third kappa shape index (κ3) is 5.39. The van der Waals surface area contributed by atoms with Gasteiger partial charge in [0.25, 0.3) is 5.56 Å². The normalized spacial score (nSPS) is 11.7. The van der Waals surface area contributed by atoms with E-state index in [-0.39, 0.29) is 11.4 Å². The summed E-state index contributed by atoms with van der Waals surface area (Å²) < 4.78 is 0. The highest BCUT2D eigenvalue weighted by Gasteiger charge is 1.99. The van der Waals surface area contributed by atoms with E-state index in [9.17, 15) is 4.79 Å². The number of unbranched alkanes of at least 4 members (excludes halogenated alkanes) is 1. The molecule has 0 aliphatic heterocycles. The zero-order valence-electron chi connectivity index (χ0n) is 9.64. The molecule has 1 aromatic rings. The van der Waals surface area contributed by atoms with E-state index in [0.717, 1.165) is 18.6 Å². The van der Waals surface area contributed by atoms with E-state index in [1.54, 1.807) is 6.92 Å². The van der Waals surface area contributed by atoms with Gasteiger partial charge in [-0.1, -0.05) is 16.9 Å². The molecule has 17 heavy (non-hydrogen) atoms. The van der Waals surface area contributed by atoms with Gasteiger partial charge >= 0.3 is 0 Å². The van der Waals surface area contributed by atoms with Crippen LogP contribution in [0.5, 0.6) is 0 Å². The molecule has 1 heterocycles. The molecule has 94 valence electrons. The predicted molar refractivity (Wildman–Crippen MR) is 67.6 cm³/mol. The van der Waals surface area contributed by atoms with Gasteiger partial charge in [-0.15, -0.1) is 0 Å². The summed E-state index contributed by atoms with van der Waals surface area (Å²) in [4.78, 5) is 18.0. The van der Waals surface area contributed by atoms with Crippen LogP contribution in [0.3, 0.4) is 0 Å². The van der Waals surface area contributed by atoms with Crippen LogP contribution in [0.25, 0.3) is 0 Å². The molecule has 0 saturated carbocycles. The van der Waals surface area contributed by atoms with Gasteiger partial charge in [-0.3, -0.25) is 4.79 Å². The van der Waals surface area contributed by atoms with Crippen LogP contribution in [0.2, 0.25) is 0 Å². The van der Waals surface area contributed by atoms with Crippen molar-refractivity contribution in [2.24, 2.45) is 10.9 Å². The first-order valence-corrected chi connectivity index (χ1v) is 6.27. The third-order valence-electron chi connectivity index (χ3n) is 2.04. The molecule has 6 nitrogen and oxygen atoms in total. The van der Waals surface area contributed by atoms with Crippen molar-refractivity contribution in [3.63, 3.8) is 0 Å². The monoisotopic (exact) mass is 256 g/mol. The number of rotatable bonds is 6. The molecule has 1 rings (SSSR count). The molecular weight excluding hydrogens is 240 g/mol. The predicted octanol–water partition coefficient (Wildman–Crippen LogP) is 1.09. The van der Waals surface area contributed by atoms with Crippen LogP contribution in [0.1, 0.15) is 25.0 Å². The van der Waals surface area contributed by atoms with Crippen LogP contribution >= 0.6 is 11.8 Å². The van der Waals surface area contributed by atoms with E-state index in [0.29, 0.717) is 17.3 Å². The molecule has 0 amide bonds. The largest absolute Gasteiger partial charge is 0.409 e. The standard InChI is InChI=1S/C10H16N4O2S/c1-7-6-9(15)13-10(12-7)17-5-3-2-4-8(11)14-16/h6,16H,2-5H2,1H3,(H2,11,14)(H,12,13,15). The van der Waals surface area contributed by atoms with E-state index in [1.165, 1.54) is 17.8 Å². The van der Waals surface area contributed by atoms with E-state index in [1.807, 2.05) is 0 Å². The number of oxime groups is 1. The lowest BCUT2D eigenvalue weighted by molar-refractivity contribution is 0.316. The molecule has 0 aromatic carbocycles. The van der Waals surface area contributed by atoms with Crippen molar-refractivity contribution in [3.05, 3.63) is 22.1 Å². The SMILES string of the molecule is Cc1cc(=O)[nH]c(SCCCC/C(N)=N/O)n1. The minimum atomic E-state index is -0.128. The molecule has 0 aliphatic carbocycles. The Balaban J connectivity index is 2.29. The Morgan fingerprint density at radius 1 is 1.65 bits per heavy atom. The summed E-state index contributed by atoms with van der Waals surface area (Å²) in [6.45, 7) is 1.79. The highest BCUT2D eigenvalue weighted by Crippen LogP contribution is 2.13. The second-order valence-corrected chi connectivity index (χ2v) is 4.67. The van der Waals surface area contributed by atoms with Crippen LogP contribution in [-0.4, -0.2) is 26.8 Å². The average molecular weight is 256 g/mol. The third-order valence-corrected chi connectivity index (χ3v) is 3.00. The van der Waals surface area contributed by atoms with Gasteiger partial charge in [-0.25, -0.2) is 4.98 Å². The minimum Gasteiger partial charge on any atom is -0.409 e. The number of nitrogens with one attached hydrogen (secondary N) is 1. The first-order valence-electron chi connectivity index (χ1n) is 5.29. The number of thioether (sulfide) groups is 1. The van der Waals surface area contributed by atoms with E-state index < -0.39 is 0 Å². The lowest BCUT2D eigenvalue weighted by atomic mass is 10.2. The smallest absolute Gasteiger partial charge is 0.251 e. The molecule has 7 heteroatoms. The molecular formula is C10H16N4O2S. The Hall–Kier alpha value is -1.50. The number of hydrogen-bond acceptors (Lipinski definition) is 5. The number of H-pyrrole nitrogens is 1. The maximum absolute atomic E-state index is 11.2. The second kappa shape index (κ2) is 6.95. The first-order chi connectivity index (χ1) is 8.11. The fourth-order valence-corrected chi connectivity index (χ4v) is 2.17. The molecule has 0 bridgehead atoms. The number of aromatic amines is 1. The second-order valence-electron chi connectivity index (χ2n) is 3.59. The summed E-state index contributed by atoms with van der Waals surface area (Å²) in [6, 6.07) is 1.46. The number of amidine groups is 1. The van der Waals surface area contributed by atoms with Gasteiger partial charge in [-0.2, -0.15) is 0 Å². The lowest BCUT2D eigenvalue weighted by Crippen LogP contribution is -2.11. The highest BCUT2D eigenvalue weighted by atomic mass is 32.2. The van der Waals surface area contributed by atoms with Gasteiger partial charge in [-0.05, 0) is 19.8 Å². The van der Waals surface area contributed by atoms with Crippen molar-refractivity contribution in [3.8, 4) is 0 Å². The van der Waals surface area contributed by atoms with Gasteiger partial charge in [0.05, 0.1) is 0 Å². The molecule has 1 aromatic heterocycles. The van der Waals surface area contributed by atoms with E-state index in [4.69, 9.17) is 10.9 Å². The summed E-state index contributed by atoms with van der Waals surface area (Å²) in [6.07, 6.45) is 2.34. The zero-order chi connectivity index (χ0) is 12.7. The van der Waals surface area contributed by atoms with Gasteiger partial charge in [0.2, 0.25) is 0 Å². The number of nitrogens with zero attached hydrogens (tertiary/aromatic N) is 2. The lowest BCUT2D eigenvalue weighted by Gasteiger charge is -2.01. The Kier molecular flexibility index (Phi) is 5.55. The number of aromatic nitrogens is 2. The Labute approximate surface area is 103 Å². The molecule has 0 radical (unpaired) electrons. The van der Waals surface area contributed by atoms with Crippen molar-refractivity contribution in [2.45, 2.75) is 31.3 Å². The van der Waals surface area contributed by atoms with Crippen LogP contribution in [-0.2, 0) is 0 Å². The van der Waals surface area contributed by atoms with Crippen molar-refractivity contribution in [1.82, 2.24) is 9.97 Å². The highest BCUT2D eigenvalue weighted by molar-refractivity contribution is 7.99. The fraction of sp³-hybridized carbons (Fsp3) is 0.500. The molecule has 4 N–H and O–H groups in total. The van der Waals surface area contributed by atoms with Crippen LogP contribution in [0.4, 0.5) is 0 Å². The zero-order valence-corrected chi connectivity index (χ0v) is 10.5. The number of hydrogen-bond donors (Lipinski definition) is 3. The average Bonchev–Trinajstić information content (AvgIpc) is 2.27. The van der Waals surface area contributed by atoms with Crippen LogP contribution in [0, 0.1) is 6.92 Å². The van der Waals surface area contributed by atoms with Crippen molar-refractivity contribution < 1.29 is 5.21 Å². The summed E-state index contributed by atoms with van der Waals surface area (Å²) >= 11 is 1.50. The van der Waals surface area contributed by atoms with E-state index >= 15 is 0 Å². The molecule has 0 spiro atoms. The van der Waals surface area contributed by atoms with Crippen LogP contribution in [0.15, 0.2) is 21.2 Å². The molecule has 0 fully saturated rings. The van der Waals surface area contributed by atoms with Crippen molar-refractivity contribution >= 4 is 17.6 Å². The fourth-order valence-electron chi connectivity index (χ4n) is 1.25. The van der Waals surface area contributed by atoms with E-state index in [2.05, 4.69) is 15.1 Å². The quantitative estimate of drug-likeness (QED) is 0.134. The summed E-state index contributed by atoms with van der Waals surface area (Å²) in [5.74, 6) is 1.09. The molecule has 0 aliphatic rings. The summed E-state index contributed by atoms with van der Waals surface area (Å²) in [5, 5.41) is 11.9. The summed E-state index contributed by atoms with van der Waals surface area (Å²) in [5.41, 5.74) is 5.93.